The second-order valence-electron chi connectivity index (χ2n) is 14.8. The number of phenolic OH excluding ortho intramolecular Hbond substituents is 1. The summed E-state index contributed by atoms with van der Waals surface area (Å²) in [5.74, 6) is 1.99. The Morgan fingerprint density at radius 3 is 2.40 bits per heavy atom. The van der Waals surface area contributed by atoms with Gasteiger partial charge in [-0.25, -0.2) is 9.98 Å². The van der Waals surface area contributed by atoms with Gasteiger partial charge >= 0.3 is 0 Å². The minimum atomic E-state index is -0.660. The molecule has 6 aliphatic rings. The Morgan fingerprint density at radius 2 is 1.60 bits per heavy atom. The number of amidine groups is 2. The summed E-state index contributed by atoms with van der Waals surface area (Å²) in [5.41, 5.74) is 11.0. The molecule has 48 heavy (non-hydrogen) atoms. The topological polar surface area (TPSA) is 66.2 Å². The summed E-state index contributed by atoms with van der Waals surface area (Å²) < 4.78 is 6.37. The van der Waals surface area contributed by atoms with E-state index >= 15 is 0 Å². The van der Waals surface area contributed by atoms with E-state index in [1.807, 2.05) is 18.2 Å². The van der Waals surface area contributed by atoms with Crippen LogP contribution in [0.3, 0.4) is 0 Å². The highest BCUT2D eigenvalue weighted by Gasteiger charge is 2.48. The largest absolute Gasteiger partial charge is 0.507 e. The number of para-hydroxylation sites is 1. The van der Waals surface area contributed by atoms with E-state index in [9.17, 15) is 5.11 Å². The quantitative estimate of drug-likeness (QED) is 0.210. The van der Waals surface area contributed by atoms with E-state index in [1.54, 1.807) is 28.4 Å². The SMILES string of the molecule is CCCCCCCCCCCOC1N=C(C2=CC3=C(C4=C(CCC5=C4CCC=C5)C3(C)C)C3C=CC=CC23)NC(c2ccccc2O)=N1. The zero-order valence-electron chi connectivity index (χ0n) is 29.2. The molecule has 252 valence electrons. The van der Waals surface area contributed by atoms with Crippen molar-refractivity contribution in [1.29, 1.82) is 0 Å². The number of fused-ring (bicyclic) bond motifs is 4. The molecule has 5 heteroatoms. The Balaban J connectivity index is 1.17. The molecule has 2 N–H and O–H groups in total. The molecule has 7 rings (SSSR count). The van der Waals surface area contributed by atoms with Crippen LogP contribution < -0.4 is 5.32 Å². The van der Waals surface area contributed by atoms with Crippen LogP contribution in [-0.4, -0.2) is 29.7 Å². The van der Waals surface area contributed by atoms with Crippen LogP contribution in [0.15, 0.2) is 116 Å². The van der Waals surface area contributed by atoms with Gasteiger partial charge in [0.15, 0.2) is 0 Å². The van der Waals surface area contributed by atoms with E-state index in [1.165, 1.54) is 61.7 Å². The lowest BCUT2D eigenvalue weighted by Crippen LogP contribution is -2.42. The summed E-state index contributed by atoms with van der Waals surface area (Å²) in [5, 5.41) is 14.4. The zero-order valence-corrected chi connectivity index (χ0v) is 29.2. The number of allylic oxidation sites excluding steroid dienone is 13. The molecule has 3 atom stereocenters. The molecule has 0 saturated heterocycles. The fourth-order valence-corrected chi connectivity index (χ4v) is 8.71. The summed E-state index contributed by atoms with van der Waals surface area (Å²) >= 11 is 0. The third-order valence-electron chi connectivity index (χ3n) is 11.3. The summed E-state index contributed by atoms with van der Waals surface area (Å²) in [6.07, 6.45) is 31.6. The number of hydrogen-bond acceptors (Lipinski definition) is 5. The van der Waals surface area contributed by atoms with Gasteiger partial charge in [0.1, 0.15) is 17.4 Å². The second kappa shape index (κ2) is 14.4. The molecule has 0 amide bonds. The minimum Gasteiger partial charge on any atom is -0.507 e. The lowest BCUT2D eigenvalue weighted by Gasteiger charge is -2.37. The van der Waals surface area contributed by atoms with Crippen molar-refractivity contribution < 1.29 is 9.84 Å². The van der Waals surface area contributed by atoms with Gasteiger partial charge in [-0.15, -0.1) is 0 Å². The first-order valence-corrected chi connectivity index (χ1v) is 18.7. The zero-order chi connectivity index (χ0) is 33.1. The molecule has 3 unspecified atom stereocenters. The van der Waals surface area contributed by atoms with Gasteiger partial charge in [-0.1, -0.05) is 132 Å². The van der Waals surface area contributed by atoms with Crippen LogP contribution in [0.5, 0.6) is 5.75 Å². The van der Waals surface area contributed by atoms with E-state index in [-0.39, 0.29) is 23.0 Å². The Labute approximate surface area is 287 Å². The molecule has 0 fully saturated rings. The minimum absolute atomic E-state index is 0.0503. The average Bonchev–Trinajstić information content (AvgIpc) is 3.35. The molecule has 1 aliphatic heterocycles. The van der Waals surface area contributed by atoms with Crippen molar-refractivity contribution in [2.45, 2.75) is 111 Å². The number of phenols is 1. The maximum absolute atomic E-state index is 10.8. The highest BCUT2D eigenvalue weighted by atomic mass is 16.5. The Bertz CT molecular complexity index is 1690. The van der Waals surface area contributed by atoms with Crippen molar-refractivity contribution in [2.75, 3.05) is 6.61 Å². The van der Waals surface area contributed by atoms with Gasteiger partial charge in [0.2, 0.25) is 6.35 Å². The average molecular weight is 644 g/mol. The van der Waals surface area contributed by atoms with Gasteiger partial charge in [0.05, 0.1) is 12.2 Å². The molecule has 1 aromatic rings. The number of ether oxygens (including phenoxy) is 1. The van der Waals surface area contributed by atoms with Gasteiger partial charge in [0.25, 0.3) is 0 Å². The van der Waals surface area contributed by atoms with Crippen LogP contribution in [-0.2, 0) is 4.74 Å². The molecule has 0 aromatic heterocycles. The van der Waals surface area contributed by atoms with E-state index in [0.29, 0.717) is 18.0 Å². The van der Waals surface area contributed by atoms with E-state index in [0.717, 1.165) is 44.4 Å². The van der Waals surface area contributed by atoms with Crippen molar-refractivity contribution >= 4 is 11.7 Å². The second-order valence-corrected chi connectivity index (χ2v) is 14.8. The third-order valence-corrected chi connectivity index (χ3v) is 11.3. The first-order valence-electron chi connectivity index (χ1n) is 18.7. The first-order chi connectivity index (χ1) is 23.5. The molecule has 0 saturated carbocycles. The summed E-state index contributed by atoms with van der Waals surface area (Å²) in [6.45, 7) is 7.74. The predicted octanol–water partition coefficient (Wildman–Crippen LogP) is 10.3. The first kappa shape index (κ1) is 32.8. The van der Waals surface area contributed by atoms with Crippen LogP contribution in [0.2, 0.25) is 0 Å². The highest BCUT2D eigenvalue weighted by Crippen LogP contribution is 2.60. The van der Waals surface area contributed by atoms with Gasteiger partial charge in [0, 0.05) is 22.8 Å². The smallest absolute Gasteiger partial charge is 0.249 e. The maximum Gasteiger partial charge on any atom is 0.249 e. The molecule has 0 radical (unpaired) electrons. The number of nitrogens with one attached hydrogen (secondary N) is 1. The van der Waals surface area contributed by atoms with Crippen molar-refractivity contribution in [2.24, 2.45) is 27.2 Å². The standard InChI is InChI=1S/C43H53N3O2/c1-4-5-6-7-8-9-10-11-18-27-48-42-45-40(33-23-16-17-24-37(33)47)44-41(46-42)34-28-36-39(32-22-15-14-21-31(32)34)38-30-20-13-12-19-29(30)25-26-35(38)43(36,2)3/h12,14-17,19,21-24,28,31-32,42,47H,4-11,13,18,20,25-27H2,1-3H3,(H,44,45,46). The van der Waals surface area contributed by atoms with Crippen LogP contribution >= 0.6 is 0 Å². The maximum atomic E-state index is 10.8. The van der Waals surface area contributed by atoms with Crippen LogP contribution in [0.4, 0.5) is 0 Å². The van der Waals surface area contributed by atoms with Crippen molar-refractivity contribution in [3.8, 4) is 5.75 Å². The van der Waals surface area contributed by atoms with Gasteiger partial charge in [-0.05, 0) is 72.1 Å². The van der Waals surface area contributed by atoms with Crippen molar-refractivity contribution in [3.63, 3.8) is 0 Å². The van der Waals surface area contributed by atoms with Crippen LogP contribution in [0, 0.1) is 17.3 Å². The van der Waals surface area contributed by atoms with Gasteiger partial charge in [-0.3, -0.25) is 0 Å². The monoisotopic (exact) mass is 643 g/mol. The summed E-state index contributed by atoms with van der Waals surface area (Å²) in [4.78, 5) is 10.0. The molecular formula is C43H53N3O2. The number of nitrogens with zero attached hydrogens (tertiary/aromatic N) is 2. The van der Waals surface area contributed by atoms with E-state index in [4.69, 9.17) is 14.7 Å². The lowest BCUT2D eigenvalue weighted by atomic mass is 9.68. The third kappa shape index (κ3) is 6.39. The molecular weight excluding hydrogens is 590 g/mol. The Kier molecular flexibility index (Phi) is 9.86. The molecule has 1 aromatic carbocycles. The van der Waals surface area contributed by atoms with E-state index in [2.05, 4.69) is 68.6 Å². The molecule has 5 nitrogen and oxygen atoms in total. The number of aliphatic imine (C=N–C) groups is 2. The van der Waals surface area contributed by atoms with E-state index < -0.39 is 6.35 Å². The molecule has 0 bridgehead atoms. The van der Waals surface area contributed by atoms with Gasteiger partial charge in [-0.2, -0.15) is 0 Å². The van der Waals surface area contributed by atoms with Gasteiger partial charge < -0.3 is 15.2 Å². The molecule has 5 aliphatic carbocycles. The fraction of sp³-hybridized carbons (Fsp3) is 0.488. The highest BCUT2D eigenvalue weighted by molar-refractivity contribution is 6.17. The van der Waals surface area contributed by atoms with Crippen LogP contribution in [0.25, 0.3) is 0 Å². The van der Waals surface area contributed by atoms with Crippen LogP contribution in [0.1, 0.15) is 110 Å². The number of unbranched alkanes of at least 4 members (excludes halogenated alkanes) is 8. The molecule has 0 spiro atoms. The Hall–Kier alpha value is -3.70. The fourth-order valence-electron chi connectivity index (χ4n) is 8.71. The van der Waals surface area contributed by atoms with Crippen molar-refractivity contribution in [1.82, 2.24) is 5.32 Å². The number of benzene rings is 1. The number of rotatable bonds is 13. The lowest BCUT2D eigenvalue weighted by molar-refractivity contribution is 0.0616. The number of hydrogen-bond donors (Lipinski definition) is 2. The normalized spacial score (nSPS) is 25.2. The van der Waals surface area contributed by atoms with Crippen molar-refractivity contribution in [3.05, 3.63) is 111 Å². The summed E-state index contributed by atoms with van der Waals surface area (Å²) in [6, 6.07) is 7.40. The predicted molar refractivity (Wildman–Crippen MR) is 198 cm³/mol. The number of aromatic hydroxyl groups is 1. The summed E-state index contributed by atoms with van der Waals surface area (Å²) in [7, 11) is 0. The Morgan fingerprint density at radius 1 is 0.875 bits per heavy atom. The molecule has 1 heterocycles.